The van der Waals surface area contributed by atoms with E-state index < -0.39 is 10.8 Å². The van der Waals surface area contributed by atoms with Crippen molar-refractivity contribution in [3.05, 3.63) is 138 Å². The summed E-state index contributed by atoms with van der Waals surface area (Å²) in [5.41, 5.74) is 5.95. The molecule has 0 saturated carbocycles. The SMILES string of the molecule is Cc1ccc(C)n1-c1ccc(OCc2ccc(C(=O)N/N=C/c3cc(Cl)cc([N+](=O)[O-])c3OCc3ccc(Cl)cc3Cl)o2)cc1. The highest BCUT2D eigenvalue weighted by Gasteiger charge is 2.21. The number of hydrogen-bond acceptors (Lipinski definition) is 7. The van der Waals surface area contributed by atoms with E-state index in [0.717, 1.165) is 23.1 Å². The van der Waals surface area contributed by atoms with Gasteiger partial charge in [-0.1, -0.05) is 40.9 Å². The van der Waals surface area contributed by atoms with Crippen LogP contribution in [0.2, 0.25) is 15.1 Å². The highest BCUT2D eigenvalue weighted by Crippen LogP contribution is 2.35. The number of hydrogen-bond donors (Lipinski definition) is 1. The molecule has 0 saturated heterocycles. The van der Waals surface area contributed by atoms with Gasteiger partial charge in [-0.05, 0) is 80.6 Å². The first-order chi connectivity index (χ1) is 21.6. The Morgan fingerprint density at radius 2 is 1.67 bits per heavy atom. The molecule has 0 aliphatic carbocycles. The van der Waals surface area contributed by atoms with E-state index in [4.69, 9.17) is 48.7 Å². The van der Waals surface area contributed by atoms with Gasteiger partial charge in [0.2, 0.25) is 5.75 Å². The summed E-state index contributed by atoms with van der Waals surface area (Å²) in [6.07, 6.45) is 1.18. The van der Waals surface area contributed by atoms with Crippen LogP contribution in [-0.2, 0) is 13.2 Å². The second-order valence-corrected chi connectivity index (χ2v) is 11.1. The van der Waals surface area contributed by atoms with E-state index in [1.54, 1.807) is 18.2 Å². The van der Waals surface area contributed by atoms with Crippen molar-refractivity contribution in [2.24, 2.45) is 5.10 Å². The minimum atomic E-state index is -0.647. The molecule has 0 bridgehead atoms. The van der Waals surface area contributed by atoms with Gasteiger partial charge in [0.05, 0.1) is 11.1 Å². The molecular weight excluding hydrogens is 643 g/mol. The fourth-order valence-corrected chi connectivity index (χ4v) is 5.18. The van der Waals surface area contributed by atoms with Crippen molar-refractivity contribution in [1.29, 1.82) is 0 Å². The summed E-state index contributed by atoms with van der Waals surface area (Å²) < 4.78 is 19.3. The number of nitro benzene ring substituents is 1. The summed E-state index contributed by atoms with van der Waals surface area (Å²) in [6.45, 7) is 4.09. The Morgan fingerprint density at radius 3 is 2.36 bits per heavy atom. The Bertz CT molecular complexity index is 1880. The van der Waals surface area contributed by atoms with Crippen molar-refractivity contribution in [1.82, 2.24) is 9.99 Å². The van der Waals surface area contributed by atoms with E-state index >= 15 is 0 Å². The lowest BCUT2D eigenvalue weighted by atomic mass is 10.2. The van der Waals surface area contributed by atoms with Gasteiger partial charge >= 0.3 is 11.6 Å². The van der Waals surface area contributed by atoms with Crippen LogP contribution in [-0.4, -0.2) is 21.6 Å². The number of aromatic nitrogens is 1. The monoisotopic (exact) mass is 666 g/mol. The number of nitro groups is 1. The predicted octanol–water partition coefficient (Wildman–Crippen LogP) is 8.48. The Balaban J connectivity index is 1.22. The average Bonchev–Trinajstić information content (AvgIpc) is 3.62. The lowest BCUT2D eigenvalue weighted by Gasteiger charge is -2.11. The normalized spacial score (nSPS) is 11.1. The zero-order chi connectivity index (χ0) is 32.1. The number of nitrogens with one attached hydrogen (secondary N) is 1. The third kappa shape index (κ3) is 7.66. The number of amides is 1. The summed E-state index contributed by atoms with van der Waals surface area (Å²) in [5.74, 6) is 0.293. The Kier molecular flexibility index (Phi) is 9.77. The smallest absolute Gasteiger partial charge is 0.313 e. The van der Waals surface area contributed by atoms with Crippen LogP contribution in [0, 0.1) is 24.0 Å². The molecule has 13 heteroatoms. The maximum absolute atomic E-state index is 12.7. The van der Waals surface area contributed by atoms with Crippen LogP contribution in [0.4, 0.5) is 5.69 Å². The van der Waals surface area contributed by atoms with Crippen LogP contribution in [0.15, 0.2) is 88.4 Å². The Hall–Kier alpha value is -4.77. The van der Waals surface area contributed by atoms with Gasteiger partial charge < -0.3 is 18.5 Å². The average molecular weight is 668 g/mol. The molecule has 230 valence electrons. The molecule has 5 aromatic rings. The van der Waals surface area contributed by atoms with E-state index in [1.165, 1.54) is 24.4 Å². The van der Waals surface area contributed by atoms with Crippen molar-refractivity contribution >= 4 is 52.6 Å². The molecule has 0 aliphatic heterocycles. The molecular formula is C32H25Cl3N4O6. The second-order valence-electron chi connectivity index (χ2n) is 9.82. The molecule has 0 spiro atoms. The molecule has 0 unspecified atom stereocenters. The van der Waals surface area contributed by atoms with Gasteiger partial charge in [0.1, 0.15) is 24.7 Å². The molecule has 0 atom stereocenters. The summed E-state index contributed by atoms with van der Waals surface area (Å²) in [7, 11) is 0. The third-order valence-electron chi connectivity index (χ3n) is 6.65. The van der Waals surface area contributed by atoms with Gasteiger partial charge in [-0.3, -0.25) is 14.9 Å². The van der Waals surface area contributed by atoms with Gasteiger partial charge in [0.15, 0.2) is 5.76 Å². The molecule has 2 heterocycles. The number of aryl methyl sites for hydroxylation is 2. The van der Waals surface area contributed by atoms with Crippen LogP contribution < -0.4 is 14.9 Å². The molecule has 1 amide bonds. The summed E-state index contributed by atoms with van der Waals surface area (Å²) in [4.78, 5) is 23.8. The standard InChI is InChI=1S/C32H25Cl3N4O6/c1-19-3-4-20(2)38(19)25-7-9-26(10-8-25)43-18-27-11-12-30(45-27)32(40)37-36-16-22-13-24(34)15-29(39(41)42)31(22)44-17-21-5-6-23(33)14-28(21)35/h3-16H,17-18H2,1-2H3,(H,37,40)/b36-16+. The van der Waals surface area contributed by atoms with Gasteiger partial charge in [0, 0.05) is 49.3 Å². The molecule has 0 radical (unpaired) electrons. The van der Waals surface area contributed by atoms with Crippen LogP contribution in [0.1, 0.15) is 38.8 Å². The van der Waals surface area contributed by atoms with Gasteiger partial charge in [-0.15, -0.1) is 0 Å². The Labute approximate surface area is 272 Å². The van der Waals surface area contributed by atoms with Crippen molar-refractivity contribution in [2.75, 3.05) is 0 Å². The van der Waals surface area contributed by atoms with E-state index in [-0.39, 0.29) is 41.0 Å². The minimum Gasteiger partial charge on any atom is -0.486 e. The van der Waals surface area contributed by atoms with Crippen LogP contribution in [0.5, 0.6) is 11.5 Å². The number of hydrazone groups is 1. The number of carbonyl (C=O) groups excluding carboxylic acids is 1. The summed E-state index contributed by atoms with van der Waals surface area (Å²) in [5, 5.41) is 16.5. The van der Waals surface area contributed by atoms with E-state index in [1.807, 2.05) is 38.1 Å². The molecule has 45 heavy (non-hydrogen) atoms. The highest BCUT2D eigenvalue weighted by molar-refractivity contribution is 6.35. The van der Waals surface area contributed by atoms with E-state index in [2.05, 4.69) is 27.2 Å². The molecule has 2 aromatic heterocycles. The molecule has 0 aliphatic rings. The first kappa shape index (κ1) is 31.6. The number of ether oxygens (including phenoxy) is 2. The van der Waals surface area contributed by atoms with E-state index in [0.29, 0.717) is 27.1 Å². The van der Waals surface area contributed by atoms with Crippen LogP contribution in [0.3, 0.4) is 0 Å². The largest absolute Gasteiger partial charge is 0.486 e. The fraction of sp³-hybridized carbons (Fsp3) is 0.125. The highest BCUT2D eigenvalue weighted by atomic mass is 35.5. The maximum atomic E-state index is 12.7. The number of benzene rings is 3. The lowest BCUT2D eigenvalue weighted by Crippen LogP contribution is -2.17. The zero-order valence-corrected chi connectivity index (χ0v) is 26.2. The fourth-order valence-electron chi connectivity index (χ4n) is 4.49. The Morgan fingerprint density at radius 1 is 0.933 bits per heavy atom. The molecule has 10 nitrogen and oxygen atoms in total. The molecule has 1 N–H and O–H groups in total. The first-order valence-corrected chi connectivity index (χ1v) is 14.6. The number of nitrogens with zero attached hydrogens (tertiary/aromatic N) is 3. The second kappa shape index (κ2) is 13.9. The number of rotatable bonds is 11. The molecule has 0 fully saturated rings. The topological polar surface area (TPSA) is 121 Å². The van der Waals surface area contributed by atoms with Gasteiger partial charge in [0.25, 0.3) is 0 Å². The summed E-state index contributed by atoms with van der Waals surface area (Å²) in [6, 6.07) is 22.2. The molecule has 3 aromatic carbocycles. The van der Waals surface area contributed by atoms with Crippen LogP contribution in [0.25, 0.3) is 5.69 Å². The van der Waals surface area contributed by atoms with Crippen LogP contribution >= 0.6 is 34.8 Å². The quantitative estimate of drug-likeness (QED) is 0.0857. The maximum Gasteiger partial charge on any atom is 0.313 e. The summed E-state index contributed by atoms with van der Waals surface area (Å²) >= 11 is 18.3. The van der Waals surface area contributed by atoms with Crippen molar-refractivity contribution in [3.63, 3.8) is 0 Å². The lowest BCUT2D eigenvalue weighted by molar-refractivity contribution is -0.385. The van der Waals surface area contributed by atoms with Crippen molar-refractivity contribution < 1.29 is 23.6 Å². The van der Waals surface area contributed by atoms with Gasteiger partial charge in [-0.25, -0.2) is 5.43 Å². The molecule has 5 rings (SSSR count). The third-order valence-corrected chi connectivity index (χ3v) is 7.45. The van der Waals surface area contributed by atoms with Crippen molar-refractivity contribution in [2.45, 2.75) is 27.1 Å². The zero-order valence-electron chi connectivity index (χ0n) is 23.9. The minimum absolute atomic E-state index is 0.00872. The number of halogens is 3. The predicted molar refractivity (Wildman–Crippen MR) is 172 cm³/mol. The number of furan rings is 1. The van der Waals surface area contributed by atoms with Crippen molar-refractivity contribution in [3.8, 4) is 17.2 Å². The number of carbonyl (C=O) groups is 1. The first-order valence-electron chi connectivity index (χ1n) is 13.4. The van der Waals surface area contributed by atoms with E-state index in [9.17, 15) is 14.9 Å². The van der Waals surface area contributed by atoms with Gasteiger partial charge in [-0.2, -0.15) is 5.10 Å².